The Morgan fingerprint density at radius 1 is 1.53 bits per heavy atom. The normalized spacial score (nSPS) is 12.0. The van der Waals surface area contributed by atoms with Gasteiger partial charge in [0.2, 0.25) is 5.91 Å². The van der Waals surface area contributed by atoms with Crippen molar-refractivity contribution in [2.75, 3.05) is 19.0 Å². The molecule has 1 aromatic rings. The first kappa shape index (κ1) is 14.0. The minimum atomic E-state index is -0.0926. The molecule has 0 aromatic heterocycles. The molecule has 0 aliphatic rings. The van der Waals surface area contributed by atoms with Gasteiger partial charge in [-0.05, 0) is 25.1 Å². The molecular weight excluding hydrogens is 284 g/mol. The van der Waals surface area contributed by atoms with Crippen molar-refractivity contribution in [2.45, 2.75) is 13.3 Å². The molecular formula is C12H17BrN2O2. The van der Waals surface area contributed by atoms with Gasteiger partial charge in [0.05, 0.1) is 7.11 Å². The Labute approximate surface area is 110 Å². The Morgan fingerprint density at radius 3 is 2.82 bits per heavy atom. The van der Waals surface area contributed by atoms with Crippen molar-refractivity contribution in [1.82, 2.24) is 0 Å². The zero-order chi connectivity index (χ0) is 12.8. The van der Waals surface area contributed by atoms with Crippen LogP contribution in [-0.2, 0) is 4.79 Å². The van der Waals surface area contributed by atoms with Crippen LogP contribution in [0, 0.1) is 5.92 Å². The summed E-state index contributed by atoms with van der Waals surface area (Å²) >= 11 is 3.36. The third-order valence-corrected chi connectivity index (χ3v) is 2.88. The van der Waals surface area contributed by atoms with Gasteiger partial charge in [-0.25, -0.2) is 0 Å². The van der Waals surface area contributed by atoms with Crippen molar-refractivity contribution in [3.05, 3.63) is 22.7 Å². The molecule has 0 aliphatic heterocycles. The molecule has 17 heavy (non-hydrogen) atoms. The lowest BCUT2D eigenvalue weighted by atomic mass is 10.1. The lowest BCUT2D eigenvalue weighted by Crippen LogP contribution is -2.22. The summed E-state index contributed by atoms with van der Waals surface area (Å²) in [7, 11) is 1.59. The van der Waals surface area contributed by atoms with E-state index in [2.05, 4.69) is 21.2 Å². The fourth-order valence-electron chi connectivity index (χ4n) is 1.40. The van der Waals surface area contributed by atoms with Gasteiger partial charge < -0.3 is 15.8 Å². The molecule has 0 spiro atoms. The van der Waals surface area contributed by atoms with Crippen LogP contribution in [-0.4, -0.2) is 19.6 Å². The maximum atomic E-state index is 11.8. The number of methoxy groups -OCH3 is 1. The molecule has 0 heterocycles. The van der Waals surface area contributed by atoms with Crippen LogP contribution in [0.5, 0.6) is 5.75 Å². The summed E-state index contributed by atoms with van der Waals surface area (Å²) in [4.78, 5) is 11.8. The first-order valence-corrected chi connectivity index (χ1v) is 6.21. The highest BCUT2D eigenvalue weighted by molar-refractivity contribution is 9.10. The number of carbonyl (C=O) groups excluding carboxylic acids is 1. The fraction of sp³-hybridized carbons (Fsp3) is 0.417. The number of carbonyl (C=O) groups is 1. The fourth-order valence-corrected chi connectivity index (χ4v) is 1.87. The van der Waals surface area contributed by atoms with E-state index in [4.69, 9.17) is 10.5 Å². The van der Waals surface area contributed by atoms with Gasteiger partial charge in [0, 0.05) is 22.1 Å². The smallest absolute Gasteiger partial charge is 0.227 e. The third kappa shape index (κ3) is 4.36. The predicted molar refractivity (Wildman–Crippen MR) is 72.2 cm³/mol. The summed E-state index contributed by atoms with van der Waals surface area (Å²) in [6.07, 6.45) is 0.678. The standard InChI is InChI=1S/C12H17BrN2O2/c1-8(3-4-14)12(16)15-10-5-9(13)6-11(7-10)17-2/h5-8H,3-4,14H2,1-2H3,(H,15,16). The van der Waals surface area contributed by atoms with Crippen molar-refractivity contribution in [1.29, 1.82) is 0 Å². The van der Waals surface area contributed by atoms with Gasteiger partial charge in [-0.3, -0.25) is 4.79 Å². The first-order chi connectivity index (χ1) is 8.06. The van der Waals surface area contributed by atoms with Crippen molar-refractivity contribution in [3.63, 3.8) is 0 Å². The Kier molecular flexibility index (Phi) is 5.44. The highest BCUT2D eigenvalue weighted by atomic mass is 79.9. The second kappa shape index (κ2) is 6.61. The van der Waals surface area contributed by atoms with Gasteiger partial charge in [-0.2, -0.15) is 0 Å². The Hall–Kier alpha value is -1.07. The first-order valence-electron chi connectivity index (χ1n) is 5.42. The Balaban J connectivity index is 2.74. The van der Waals surface area contributed by atoms with Gasteiger partial charge >= 0.3 is 0 Å². The number of amides is 1. The largest absolute Gasteiger partial charge is 0.497 e. The van der Waals surface area contributed by atoms with Gasteiger partial charge in [-0.1, -0.05) is 22.9 Å². The van der Waals surface area contributed by atoms with Crippen LogP contribution in [0.4, 0.5) is 5.69 Å². The van der Waals surface area contributed by atoms with Gasteiger partial charge in [0.25, 0.3) is 0 Å². The molecule has 0 saturated heterocycles. The van der Waals surface area contributed by atoms with Gasteiger partial charge in [-0.15, -0.1) is 0 Å². The van der Waals surface area contributed by atoms with E-state index >= 15 is 0 Å². The van der Waals surface area contributed by atoms with Crippen LogP contribution in [0.3, 0.4) is 0 Å². The second-order valence-corrected chi connectivity index (χ2v) is 4.76. The van der Waals surface area contributed by atoms with E-state index in [0.717, 1.165) is 4.47 Å². The number of nitrogens with one attached hydrogen (secondary N) is 1. The highest BCUT2D eigenvalue weighted by Gasteiger charge is 2.12. The summed E-state index contributed by atoms with van der Waals surface area (Å²) in [5, 5.41) is 2.84. The maximum Gasteiger partial charge on any atom is 0.227 e. The molecule has 1 rings (SSSR count). The molecule has 0 bridgehead atoms. The summed E-state index contributed by atoms with van der Waals surface area (Å²) in [5.41, 5.74) is 6.14. The van der Waals surface area contributed by atoms with Crippen LogP contribution in [0.15, 0.2) is 22.7 Å². The van der Waals surface area contributed by atoms with E-state index in [1.807, 2.05) is 19.1 Å². The van der Waals surface area contributed by atoms with Crippen LogP contribution in [0.1, 0.15) is 13.3 Å². The monoisotopic (exact) mass is 300 g/mol. The van der Waals surface area contributed by atoms with Crippen LogP contribution >= 0.6 is 15.9 Å². The number of hydrogen-bond donors (Lipinski definition) is 2. The van der Waals surface area contributed by atoms with E-state index in [-0.39, 0.29) is 11.8 Å². The average Bonchev–Trinajstić information content (AvgIpc) is 2.28. The van der Waals surface area contributed by atoms with Crippen LogP contribution < -0.4 is 15.8 Å². The topological polar surface area (TPSA) is 64.3 Å². The highest BCUT2D eigenvalue weighted by Crippen LogP contribution is 2.24. The summed E-state index contributed by atoms with van der Waals surface area (Å²) in [6.45, 7) is 2.37. The number of rotatable bonds is 5. The number of hydrogen-bond acceptors (Lipinski definition) is 3. The summed E-state index contributed by atoms with van der Waals surface area (Å²) in [5.74, 6) is 0.571. The molecule has 1 amide bonds. The molecule has 0 fully saturated rings. The van der Waals surface area contributed by atoms with Gasteiger partial charge in [0.1, 0.15) is 5.75 Å². The minimum absolute atomic E-state index is 0.0318. The molecule has 1 unspecified atom stereocenters. The van der Waals surface area contributed by atoms with E-state index in [0.29, 0.717) is 24.4 Å². The number of nitrogens with two attached hydrogens (primary N) is 1. The molecule has 0 radical (unpaired) electrons. The zero-order valence-electron chi connectivity index (χ0n) is 10.00. The number of anilines is 1. The SMILES string of the molecule is COc1cc(Br)cc(NC(=O)C(C)CCN)c1. The molecule has 3 N–H and O–H groups in total. The van der Waals surface area contributed by atoms with Crippen molar-refractivity contribution < 1.29 is 9.53 Å². The molecule has 1 atom stereocenters. The van der Waals surface area contributed by atoms with E-state index < -0.39 is 0 Å². The summed E-state index contributed by atoms with van der Waals surface area (Å²) in [6, 6.07) is 5.44. The predicted octanol–water partition coefficient (Wildman–Crippen LogP) is 2.38. The Bertz CT molecular complexity index is 396. The zero-order valence-corrected chi connectivity index (χ0v) is 11.6. The molecule has 0 aliphatic carbocycles. The van der Waals surface area contributed by atoms with E-state index in [9.17, 15) is 4.79 Å². The van der Waals surface area contributed by atoms with Crippen molar-refractivity contribution in [3.8, 4) is 5.75 Å². The van der Waals surface area contributed by atoms with Crippen LogP contribution in [0.25, 0.3) is 0 Å². The van der Waals surface area contributed by atoms with E-state index in [1.165, 1.54) is 0 Å². The maximum absolute atomic E-state index is 11.8. The number of ether oxygens (including phenoxy) is 1. The molecule has 94 valence electrons. The minimum Gasteiger partial charge on any atom is -0.497 e. The second-order valence-electron chi connectivity index (χ2n) is 3.85. The summed E-state index contributed by atoms with van der Waals surface area (Å²) < 4.78 is 5.98. The van der Waals surface area contributed by atoms with Crippen molar-refractivity contribution >= 4 is 27.5 Å². The molecule has 5 heteroatoms. The van der Waals surface area contributed by atoms with E-state index in [1.54, 1.807) is 13.2 Å². The molecule has 1 aromatic carbocycles. The lowest BCUT2D eigenvalue weighted by molar-refractivity contribution is -0.119. The molecule has 4 nitrogen and oxygen atoms in total. The lowest BCUT2D eigenvalue weighted by Gasteiger charge is -2.12. The van der Waals surface area contributed by atoms with Crippen LogP contribution in [0.2, 0.25) is 0 Å². The average molecular weight is 301 g/mol. The molecule has 0 saturated carbocycles. The number of halogens is 1. The number of benzene rings is 1. The quantitative estimate of drug-likeness (QED) is 0.877. The van der Waals surface area contributed by atoms with Gasteiger partial charge in [0.15, 0.2) is 0 Å². The third-order valence-electron chi connectivity index (χ3n) is 2.42. The Morgan fingerprint density at radius 2 is 2.24 bits per heavy atom. The van der Waals surface area contributed by atoms with Crippen molar-refractivity contribution in [2.24, 2.45) is 11.7 Å².